The molecule has 4 rings (SSSR count). The van der Waals surface area contributed by atoms with Gasteiger partial charge in [-0.05, 0) is 30.9 Å². The van der Waals surface area contributed by atoms with Gasteiger partial charge < -0.3 is 14.6 Å². The largest absolute Gasteiger partial charge is 0.504 e. The molecule has 3 nitrogen and oxygen atoms in total. The summed E-state index contributed by atoms with van der Waals surface area (Å²) in [7, 11) is 1.57. The van der Waals surface area contributed by atoms with E-state index in [4.69, 9.17) is 9.47 Å². The smallest absolute Gasteiger partial charge is 0.164 e. The Morgan fingerprint density at radius 1 is 1.18 bits per heavy atom. The van der Waals surface area contributed by atoms with Crippen molar-refractivity contribution in [2.75, 3.05) is 7.11 Å². The van der Waals surface area contributed by atoms with Gasteiger partial charge in [-0.2, -0.15) is 0 Å². The van der Waals surface area contributed by atoms with Gasteiger partial charge >= 0.3 is 0 Å². The monoisotopic (exact) mass is 296 g/mol. The number of hydrogen-bond donors (Lipinski definition) is 1. The Balaban J connectivity index is 1.86. The van der Waals surface area contributed by atoms with E-state index >= 15 is 0 Å². The highest BCUT2D eigenvalue weighted by molar-refractivity contribution is 5.55. The topological polar surface area (TPSA) is 38.7 Å². The molecule has 0 bridgehead atoms. The van der Waals surface area contributed by atoms with E-state index in [1.165, 1.54) is 18.4 Å². The summed E-state index contributed by atoms with van der Waals surface area (Å²) in [5, 5.41) is 10.1. The lowest BCUT2D eigenvalue weighted by molar-refractivity contribution is 0.0320. The third-order valence-electron chi connectivity index (χ3n) is 5.10. The van der Waals surface area contributed by atoms with E-state index < -0.39 is 0 Å². The number of hydrogen-bond acceptors (Lipinski definition) is 3. The maximum atomic E-state index is 10.1. The van der Waals surface area contributed by atoms with Crippen molar-refractivity contribution in [2.24, 2.45) is 0 Å². The summed E-state index contributed by atoms with van der Waals surface area (Å²) < 4.78 is 11.7. The standard InChI is InChI=1S/C19H20O3/c1-21-18-12-17-14(11-16(18)20)15-9-5-6-10-19(15,22-17)13-7-3-2-4-8-13/h2-4,7-8,11-12,15,20H,5-6,9-10H2,1H3/t15-,19+/m1/s1. The van der Waals surface area contributed by atoms with Crippen molar-refractivity contribution in [1.29, 1.82) is 0 Å². The molecule has 1 aliphatic heterocycles. The van der Waals surface area contributed by atoms with Gasteiger partial charge in [-0.25, -0.2) is 0 Å². The molecule has 1 saturated carbocycles. The van der Waals surface area contributed by atoms with E-state index in [0.717, 1.165) is 24.2 Å². The molecule has 22 heavy (non-hydrogen) atoms. The van der Waals surface area contributed by atoms with Crippen molar-refractivity contribution >= 4 is 0 Å². The molecule has 0 saturated heterocycles. The molecule has 0 aromatic heterocycles. The molecular weight excluding hydrogens is 276 g/mol. The minimum Gasteiger partial charge on any atom is -0.504 e. The second kappa shape index (κ2) is 4.94. The van der Waals surface area contributed by atoms with E-state index in [9.17, 15) is 5.11 Å². The van der Waals surface area contributed by atoms with Gasteiger partial charge in [-0.1, -0.05) is 36.8 Å². The van der Waals surface area contributed by atoms with Crippen molar-refractivity contribution in [3.05, 3.63) is 53.6 Å². The van der Waals surface area contributed by atoms with E-state index in [1.807, 2.05) is 18.2 Å². The number of rotatable bonds is 2. The SMILES string of the molecule is COc1cc2c(cc1O)[C@H]1CCCC[C@@]1(c1ccccc1)O2. The van der Waals surface area contributed by atoms with Crippen LogP contribution in [-0.2, 0) is 5.60 Å². The number of phenols is 1. The van der Waals surface area contributed by atoms with E-state index in [2.05, 4.69) is 24.3 Å². The molecule has 2 aromatic rings. The molecule has 1 aliphatic carbocycles. The Morgan fingerprint density at radius 3 is 2.77 bits per heavy atom. The summed E-state index contributed by atoms with van der Waals surface area (Å²) in [5.41, 5.74) is 2.05. The Labute approximate surface area is 130 Å². The number of methoxy groups -OCH3 is 1. The molecule has 2 atom stereocenters. The van der Waals surface area contributed by atoms with Crippen LogP contribution in [0.1, 0.15) is 42.7 Å². The zero-order valence-electron chi connectivity index (χ0n) is 12.7. The van der Waals surface area contributed by atoms with Crippen LogP contribution in [0.25, 0.3) is 0 Å². The van der Waals surface area contributed by atoms with Crippen LogP contribution in [0.2, 0.25) is 0 Å². The van der Waals surface area contributed by atoms with Crippen LogP contribution in [0, 0.1) is 0 Å². The number of fused-ring (bicyclic) bond motifs is 3. The fourth-order valence-corrected chi connectivity index (χ4v) is 4.08. The molecule has 0 radical (unpaired) electrons. The summed E-state index contributed by atoms with van der Waals surface area (Å²) >= 11 is 0. The Bertz CT molecular complexity index is 695. The predicted octanol–water partition coefficient (Wildman–Crippen LogP) is 4.35. The van der Waals surface area contributed by atoms with E-state index in [0.29, 0.717) is 11.7 Å². The highest BCUT2D eigenvalue weighted by Crippen LogP contribution is 2.58. The maximum absolute atomic E-state index is 10.1. The minimum absolute atomic E-state index is 0.194. The molecule has 0 spiro atoms. The van der Waals surface area contributed by atoms with E-state index in [1.54, 1.807) is 7.11 Å². The molecular formula is C19H20O3. The van der Waals surface area contributed by atoms with Crippen molar-refractivity contribution in [3.8, 4) is 17.2 Å². The molecule has 2 aromatic carbocycles. The first-order valence-electron chi connectivity index (χ1n) is 7.90. The first kappa shape index (κ1) is 13.5. The van der Waals surface area contributed by atoms with Gasteiger partial charge in [-0.3, -0.25) is 0 Å². The van der Waals surface area contributed by atoms with Crippen LogP contribution < -0.4 is 9.47 Å². The normalized spacial score (nSPS) is 26.0. The number of phenolic OH excluding ortho intramolecular Hbond substituents is 1. The van der Waals surface area contributed by atoms with Crippen LogP contribution in [0.3, 0.4) is 0 Å². The van der Waals surface area contributed by atoms with Crippen molar-refractivity contribution < 1.29 is 14.6 Å². The third kappa shape index (κ3) is 1.81. The molecule has 114 valence electrons. The molecule has 0 amide bonds. The number of ether oxygens (including phenoxy) is 2. The summed E-state index contributed by atoms with van der Waals surface area (Å²) in [6.45, 7) is 0. The van der Waals surface area contributed by atoms with Crippen LogP contribution in [0.5, 0.6) is 17.2 Å². The van der Waals surface area contributed by atoms with Gasteiger partial charge in [0, 0.05) is 17.5 Å². The number of benzene rings is 2. The highest BCUT2D eigenvalue weighted by atomic mass is 16.5. The Morgan fingerprint density at radius 2 is 2.00 bits per heavy atom. The summed E-state index contributed by atoms with van der Waals surface area (Å²) in [6.07, 6.45) is 4.48. The maximum Gasteiger partial charge on any atom is 0.164 e. The van der Waals surface area contributed by atoms with Crippen molar-refractivity contribution in [3.63, 3.8) is 0 Å². The number of aromatic hydroxyl groups is 1. The molecule has 0 unspecified atom stereocenters. The molecule has 1 heterocycles. The molecule has 1 N–H and O–H groups in total. The second-order valence-corrected chi connectivity index (χ2v) is 6.22. The lowest BCUT2D eigenvalue weighted by atomic mass is 9.70. The second-order valence-electron chi connectivity index (χ2n) is 6.22. The third-order valence-corrected chi connectivity index (χ3v) is 5.10. The average Bonchev–Trinajstić information content (AvgIpc) is 2.89. The van der Waals surface area contributed by atoms with Gasteiger partial charge in [0.15, 0.2) is 11.5 Å². The highest BCUT2D eigenvalue weighted by Gasteiger charge is 2.51. The fraction of sp³-hybridized carbons (Fsp3) is 0.368. The quantitative estimate of drug-likeness (QED) is 0.895. The zero-order valence-corrected chi connectivity index (χ0v) is 12.7. The van der Waals surface area contributed by atoms with Crippen molar-refractivity contribution in [1.82, 2.24) is 0 Å². The Kier molecular flexibility index (Phi) is 3.03. The average molecular weight is 296 g/mol. The fourth-order valence-electron chi connectivity index (χ4n) is 4.08. The van der Waals surface area contributed by atoms with Gasteiger partial charge in [0.25, 0.3) is 0 Å². The van der Waals surface area contributed by atoms with Gasteiger partial charge in [0.2, 0.25) is 0 Å². The molecule has 1 fully saturated rings. The zero-order chi connectivity index (χ0) is 15.2. The lowest BCUT2D eigenvalue weighted by Crippen LogP contribution is -2.37. The predicted molar refractivity (Wildman–Crippen MR) is 84.6 cm³/mol. The van der Waals surface area contributed by atoms with Gasteiger partial charge in [0.05, 0.1) is 7.11 Å². The molecule has 2 aliphatic rings. The van der Waals surface area contributed by atoms with Crippen LogP contribution in [0.15, 0.2) is 42.5 Å². The van der Waals surface area contributed by atoms with E-state index in [-0.39, 0.29) is 11.4 Å². The Hall–Kier alpha value is -2.16. The first-order valence-corrected chi connectivity index (χ1v) is 7.90. The lowest BCUT2D eigenvalue weighted by Gasteiger charge is -2.38. The van der Waals surface area contributed by atoms with Crippen LogP contribution in [-0.4, -0.2) is 12.2 Å². The minimum atomic E-state index is -0.291. The van der Waals surface area contributed by atoms with Crippen LogP contribution in [0.4, 0.5) is 0 Å². The van der Waals surface area contributed by atoms with Crippen molar-refractivity contribution in [2.45, 2.75) is 37.2 Å². The first-order chi connectivity index (χ1) is 10.7. The summed E-state index contributed by atoms with van der Waals surface area (Å²) in [5.74, 6) is 1.82. The van der Waals surface area contributed by atoms with Gasteiger partial charge in [0.1, 0.15) is 11.4 Å². The summed E-state index contributed by atoms with van der Waals surface area (Å²) in [6, 6.07) is 14.1. The van der Waals surface area contributed by atoms with Gasteiger partial charge in [-0.15, -0.1) is 0 Å². The van der Waals surface area contributed by atoms with Crippen LogP contribution >= 0.6 is 0 Å². The molecule has 3 heteroatoms. The summed E-state index contributed by atoms with van der Waals surface area (Å²) in [4.78, 5) is 0.